The van der Waals surface area contributed by atoms with Crippen molar-refractivity contribution < 1.29 is 38.0 Å². The largest absolute Gasteiger partial charge is 0.496 e. The number of ether oxygens (including phenoxy) is 5. The number of halogens is 1. The second kappa shape index (κ2) is 15.6. The highest BCUT2D eigenvalue weighted by molar-refractivity contribution is 6.04. The smallest absolute Gasteiger partial charge is 0.274 e. The second-order valence-corrected chi connectivity index (χ2v) is 10.5. The molecule has 0 aliphatic carbocycles. The molecule has 1 heterocycles. The van der Waals surface area contributed by atoms with Crippen LogP contribution in [-0.2, 0) is 27.4 Å². The van der Waals surface area contributed by atoms with Crippen molar-refractivity contribution in [2.75, 3.05) is 40.9 Å². The number of amides is 1. The zero-order valence-corrected chi connectivity index (χ0v) is 27.1. The predicted octanol–water partition coefficient (Wildman–Crippen LogP) is 7.03. The van der Waals surface area contributed by atoms with Crippen molar-refractivity contribution in [3.63, 3.8) is 0 Å². The van der Waals surface area contributed by atoms with Gasteiger partial charge in [-0.05, 0) is 77.6 Å². The minimum absolute atomic E-state index is 0.214. The molecule has 0 atom stereocenters. The van der Waals surface area contributed by atoms with Crippen LogP contribution in [-0.4, -0.2) is 51.5 Å². The van der Waals surface area contributed by atoms with E-state index in [0.717, 1.165) is 27.8 Å². The van der Waals surface area contributed by atoms with Gasteiger partial charge in [-0.3, -0.25) is 9.78 Å². The standard InChI is InChI=1S/C36H39FN2O7/c1-21-23(14-30(37)24-16-33(43-4)29(19-40)34(17-24)44-5)10-8-11-26(21)27-12-9-13-31(22(27)2)39-35(41)32-15-25(20-42-3)28(18-38-32)36(45-6)46-7/h8-18,36,40H,19-20H2,1-7H3,(H,39,41)/b30-14-. The van der Waals surface area contributed by atoms with E-state index in [0.29, 0.717) is 33.9 Å². The maximum atomic E-state index is 15.7. The quantitative estimate of drug-likeness (QED) is 0.120. The van der Waals surface area contributed by atoms with Crippen LogP contribution in [0.25, 0.3) is 23.0 Å². The Morgan fingerprint density at radius 3 is 2.15 bits per heavy atom. The molecule has 0 spiro atoms. The van der Waals surface area contributed by atoms with Gasteiger partial charge in [0.2, 0.25) is 0 Å². The Kier molecular flexibility index (Phi) is 11.6. The lowest BCUT2D eigenvalue weighted by Crippen LogP contribution is -2.17. The number of nitrogens with one attached hydrogen (secondary N) is 1. The highest BCUT2D eigenvalue weighted by Crippen LogP contribution is 2.36. The number of carbonyl (C=O) groups is 1. The fourth-order valence-electron chi connectivity index (χ4n) is 5.32. The Labute approximate surface area is 268 Å². The molecule has 0 saturated carbocycles. The summed E-state index contributed by atoms with van der Waals surface area (Å²) >= 11 is 0. The van der Waals surface area contributed by atoms with Crippen LogP contribution >= 0.6 is 0 Å². The monoisotopic (exact) mass is 630 g/mol. The molecule has 4 aromatic rings. The summed E-state index contributed by atoms with van der Waals surface area (Å²) in [5, 5.41) is 12.7. The van der Waals surface area contributed by atoms with Gasteiger partial charge in [0.15, 0.2) is 6.29 Å². The van der Waals surface area contributed by atoms with Gasteiger partial charge < -0.3 is 34.1 Å². The molecule has 242 valence electrons. The Bertz CT molecular complexity index is 1710. The Hall–Kier alpha value is -4.61. The number of nitrogens with zero attached hydrogens (tertiary/aromatic N) is 1. The van der Waals surface area contributed by atoms with Crippen LogP contribution in [0.1, 0.15) is 55.7 Å². The number of pyridine rings is 1. The van der Waals surface area contributed by atoms with Crippen molar-refractivity contribution in [2.24, 2.45) is 0 Å². The first-order valence-corrected chi connectivity index (χ1v) is 14.5. The number of methoxy groups -OCH3 is 5. The van der Waals surface area contributed by atoms with E-state index in [9.17, 15) is 9.90 Å². The summed E-state index contributed by atoms with van der Waals surface area (Å²) in [5.41, 5.74) is 7.04. The normalized spacial score (nSPS) is 11.6. The van der Waals surface area contributed by atoms with E-state index in [-0.39, 0.29) is 30.4 Å². The molecule has 0 aliphatic heterocycles. The van der Waals surface area contributed by atoms with E-state index in [2.05, 4.69) is 10.3 Å². The number of hydrogen-bond donors (Lipinski definition) is 2. The lowest BCUT2D eigenvalue weighted by Gasteiger charge is -2.18. The summed E-state index contributed by atoms with van der Waals surface area (Å²) in [6.45, 7) is 3.78. The van der Waals surface area contributed by atoms with Gasteiger partial charge in [-0.2, -0.15) is 0 Å². The van der Waals surface area contributed by atoms with Crippen molar-refractivity contribution in [3.05, 3.63) is 105 Å². The molecule has 0 saturated heterocycles. The Morgan fingerprint density at radius 1 is 0.935 bits per heavy atom. The first-order valence-electron chi connectivity index (χ1n) is 14.5. The SMILES string of the molecule is COCc1cc(C(=O)Nc2cccc(-c3cccc(/C=C(\F)c4cc(OC)c(CO)c(OC)c4)c3C)c2C)ncc1C(OC)OC. The molecule has 46 heavy (non-hydrogen) atoms. The number of aliphatic hydroxyl groups is 1. The minimum atomic E-state index is -0.645. The van der Waals surface area contributed by atoms with Crippen LogP contribution in [0.2, 0.25) is 0 Å². The van der Waals surface area contributed by atoms with E-state index < -0.39 is 12.1 Å². The number of anilines is 1. The van der Waals surface area contributed by atoms with Crippen LogP contribution < -0.4 is 14.8 Å². The lowest BCUT2D eigenvalue weighted by atomic mass is 9.92. The van der Waals surface area contributed by atoms with Gasteiger partial charge in [0, 0.05) is 44.3 Å². The molecule has 3 aromatic carbocycles. The molecule has 0 radical (unpaired) electrons. The van der Waals surface area contributed by atoms with Crippen molar-refractivity contribution in [2.45, 2.75) is 33.4 Å². The number of aliphatic hydroxyl groups excluding tert-OH is 1. The van der Waals surface area contributed by atoms with Crippen molar-refractivity contribution in [1.29, 1.82) is 0 Å². The topological polar surface area (TPSA) is 108 Å². The first-order chi connectivity index (χ1) is 22.2. The number of carbonyl (C=O) groups excluding carboxylic acids is 1. The number of aromatic nitrogens is 1. The zero-order valence-electron chi connectivity index (χ0n) is 27.1. The average Bonchev–Trinajstić information content (AvgIpc) is 3.07. The van der Waals surface area contributed by atoms with E-state index in [1.54, 1.807) is 19.4 Å². The summed E-state index contributed by atoms with van der Waals surface area (Å²) in [6, 6.07) is 16.0. The number of hydrogen-bond acceptors (Lipinski definition) is 8. The van der Waals surface area contributed by atoms with Crippen molar-refractivity contribution in [1.82, 2.24) is 4.98 Å². The number of benzene rings is 3. The van der Waals surface area contributed by atoms with Gasteiger partial charge in [-0.1, -0.05) is 30.3 Å². The van der Waals surface area contributed by atoms with Crippen LogP contribution in [0, 0.1) is 13.8 Å². The highest BCUT2D eigenvalue weighted by atomic mass is 19.1. The molecule has 9 nitrogen and oxygen atoms in total. The summed E-state index contributed by atoms with van der Waals surface area (Å²) in [5.74, 6) is -0.219. The summed E-state index contributed by atoms with van der Waals surface area (Å²) < 4.78 is 42.4. The molecule has 0 unspecified atom stereocenters. The van der Waals surface area contributed by atoms with Crippen LogP contribution in [0.15, 0.2) is 60.8 Å². The number of rotatable bonds is 13. The van der Waals surface area contributed by atoms with Crippen LogP contribution in [0.5, 0.6) is 11.5 Å². The average molecular weight is 631 g/mol. The van der Waals surface area contributed by atoms with Gasteiger partial charge in [0.05, 0.1) is 33.0 Å². The summed E-state index contributed by atoms with van der Waals surface area (Å²) in [4.78, 5) is 17.7. The summed E-state index contributed by atoms with van der Waals surface area (Å²) in [7, 11) is 7.53. The van der Waals surface area contributed by atoms with E-state index in [1.807, 2.05) is 50.2 Å². The Balaban J connectivity index is 1.66. The molecular weight excluding hydrogens is 591 g/mol. The molecule has 0 bridgehead atoms. The minimum Gasteiger partial charge on any atom is -0.496 e. The van der Waals surface area contributed by atoms with Gasteiger partial charge in [0.1, 0.15) is 23.0 Å². The summed E-state index contributed by atoms with van der Waals surface area (Å²) in [6.07, 6.45) is 2.37. The molecule has 0 fully saturated rings. The van der Waals surface area contributed by atoms with Crippen molar-refractivity contribution >= 4 is 23.5 Å². The molecular formula is C36H39FN2O7. The van der Waals surface area contributed by atoms with Crippen molar-refractivity contribution in [3.8, 4) is 22.6 Å². The molecule has 10 heteroatoms. The van der Waals surface area contributed by atoms with Gasteiger partial charge in [0.25, 0.3) is 5.91 Å². The molecule has 0 aliphatic rings. The van der Waals surface area contributed by atoms with E-state index in [4.69, 9.17) is 23.7 Å². The molecule has 1 aromatic heterocycles. The molecule has 2 N–H and O–H groups in total. The molecule has 4 rings (SSSR count). The first kappa shape index (κ1) is 34.3. The zero-order chi connectivity index (χ0) is 33.4. The fraction of sp³-hybridized carbons (Fsp3) is 0.278. The van der Waals surface area contributed by atoms with E-state index in [1.165, 1.54) is 46.6 Å². The highest BCUT2D eigenvalue weighted by Gasteiger charge is 2.20. The predicted molar refractivity (Wildman–Crippen MR) is 175 cm³/mol. The van der Waals surface area contributed by atoms with Gasteiger partial charge >= 0.3 is 0 Å². The Morgan fingerprint density at radius 2 is 1.57 bits per heavy atom. The third-order valence-electron chi connectivity index (χ3n) is 7.81. The second-order valence-electron chi connectivity index (χ2n) is 10.5. The third-order valence-corrected chi connectivity index (χ3v) is 7.81. The maximum absolute atomic E-state index is 15.7. The van der Waals surface area contributed by atoms with E-state index >= 15 is 4.39 Å². The van der Waals surface area contributed by atoms with Gasteiger partial charge in [-0.15, -0.1) is 0 Å². The fourth-order valence-corrected chi connectivity index (χ4v) is 5.32. The molecule has 1 amide bonds. The van der Waals surface area contributed by atoms with Crippen LogP contribution in [0.4, 0.5) is 10.1 Å². The lowest BCUT2D eigenvalue weighted by molar-refractivity contribution is -0.107. The van der Waals surface area contributed by atoms with Crippen LogP contribution in [0.3, 0.4) is 0 Å². The van der Waals surface area contributed by atoms with Gasteiger partial charge in [-0.25, -0.2) is 4.39 Å². The maximum Gasteiger partial charge on any atom is 0.274 e. The third kappa shape index (κ3) is 7.27.